The number of aliphatic imine (C=N–C) groups is 1. The Labute approximate surface area is 179 Å². The number of hydrogen-bond donors (Lipinski definition) is 3. The highest BCUT2D eigenvalue weighted by Gasteiger charge is 2.24. The van der Waals surface area contributed by atoms with E-state index in [-0.39, 0.29) is 24.0 Å². The summed E-state index contributed by atoms with van der Waals surface area (Å²) in [4.78, 5) is 5.48. The second-order valence-corrected chi connectivity index (χ2v) is 7.81. The molecule has 0 aromatic carbocycles. The highest BCUT2D eigenvalue weighted by molar-refractivity contribution is 14.0. The lowest BCUT2D eigenvalue weighted by Gasteiger charge is -2.22. The summed E-state index contributed by atoms with van der Waals surface area (Å²) in [5.74, 6) is 0.747. The summed E-state index contributed by atoms with van der Waals surface area (Å²) in [6.45, 7) is 6.60. The highest BCUT2D eigenvalue weighted by atomic mass is 127. The third-order valence-corrected chi connectivity index (χ3v) is 5.58. The molecule has 0 bridgehead atoms. The molecule has 1 fully saturated rings. The van der Waals surface area contributed by atoms with E-state index in [1.807, 2.05) is 31.4 Å². The van der Waals surface area contributed by atoms with Crippen LogP contribution in [0.2, 0.25) is 0 Å². The van der Waals surface area contributed by atoms with Crippen molar-refractivity contribution in [2.24, 2.45) is 4.99 Å². The van der Waals surface area contributed by atoms with Gasteiger partial charge in [0.15, 0.2) is 5.96 Å². The fourth-order valence-corrected chi connectivity index (χ4v) is 3.78. The smallest absolute Gasteiger partial charge is 0.191 e. The van der Waals surface area contributed by atoms with Crippen molar-refractivity contribution in [3.05, 3.63) is 22.4 Å². The van der Waals surface area contributed by atoms with Crippen LogP contribution in [0.15, 0.2) is 22.5 Å². The van der Waals surface area contributed by atoms with E-state index in [4.69, 9.17) is 4.74 Å². The van der Waals surface area contributed by atoms with Gasteiger partial charge in [-0.15, -0.1) is 35.3 Å². The number of nitrogens with one attached hydrogen (secondary N) is 2. The Kier molecular flexibility index (Phi) is 11.7. The number of thiophene rings is 1. The number of hydrogen-bond acceptors (Lipinski definition) is 4. The van der Waals surface area contributed by atoms with Gasteiger partial charge in [0.1, 0.15) is 5.60 Å². The van der Waals surface area contributed by atoms with Crippen LogP contribution in [0, 0.1) is 0 Å². The molecule has 2 rings (SSSR count). The Morgan fingerprint density at radius 3 is 2.77 bits per heavy atom. The van der Waals surface area contributed by atoms with E-state index in [2.05, 4.69) is 15.6 Å². The van der Waals surface area contributed by atoms with E-state index in [1.165, 1.54) is 32.1 Å². The molecule has 1 saturated carbocycles. The van der Waals surface area contributed by atoms with E-state index in [0.717, 1.165) is 37.0 Å². The third-order valence-electron chi connectivity index (χ3n) is 4.46. The summed E-state index contributed by atoms with van der Waals surface area (Å²) in [5, 5.41) is 19.1. The molecule has 1 aliphatic carbocycles. The minimum atomic E-state index is -0.930. The zero-order valence-electron chi connectivity index (χ0n) is 16.0. The Balaban J connectivity index is 0.00000338. The standard InChI is InChI=1S/C19H33N3O2S.HI/c1-3-20-18(22-15-19(2,23)17-11-7-14-25-17)21-12-8-13-24-16-9-5-4-6-10-16;/h7,11,14,16,23H,3-6,8-10,12-13,15H2,1-2H3,(H2,20,21,22);1H. The number of ether oxygens (including phenoxy) is 1. The molecule has 1 aliphatic rings. The van der Waals surface area contributed by atoms with Gasteiger partial charge in [0.25, 0.3) is 0 Å². The number of rotatable bonds is 9. The topological polar surface area (TPSA) is 65.9 Å². The quantitative estimate of drug-likeness (QED) is 0.211. The second kappa shape index (κ2) is 12.9. The van der Waals surface area contributed by atoms with Crippen molar-refractivity contribution >= 4 is 41.3 Å². The molecule has 0 amide bonds. The van der Waals surface area contributed by atoms with E-state index in [0.29, 0.717) is 12.6 Å². The summed E-state index contributed by atoms with van der Waals surface area (Å²) >= 11 is 1.56. The van der Waals surface area contributed by atoms with Gasteiger partial charge in [-0.2, -0.15) is 0 Å². The lowest BCUT2D eigenvalue weighted by atomic mass is 9.98. The van der Waals surface area contributed by atoms with Crippen molar-refractivity contribution in [1.82, 2.24) is 10.6 Å². The van der Waals surface area contributed by atoms with Crippen molar-refractivity contribution in [3.63, 3.8) is 0 Å². The maximum absolute atomic E-state index is 10.6. The fourth-order valence-electron chi connectivity index (χ4n) is 3.00. The van der Waals surface area contributed by atoms with E-state index < -0.39 is 5.60 Å². The molecule has 3 N–H and O–H groups in total. The zero-order chi connectivity index (χ0) is 18.0. The first-order valence-corrected chi connectivity index (χ1v) is 10.4. The normalized spacial score (nSPS) is 18.0. The van der Waals surface area contributed by atoms with Crippen molar-refractivity contribution in [3.8, 4) is 0 Å². The van der Waals surface area contributed by atoms with Gasteiger partial charge in [0, 0.05) is 24.6 Å². The minimum absolute atomic E-state index is 0. The average molecular weight is 495 g/mol. The van der Waals surface area contributed by atoms with E-state index >= 15 is 0 Å². The molecule has 1 aromatic heterocycles. The van der Waals surface area contributed by atoms with Crippen LogP contribution in [0.3, 0.4) is 0 Å². The van der Waals surface area contributed by atoms with Gasteiger partial charge in [0.2, 0.25) is 0 Å². The molecular formula is C19H34IN3O2S. The van der Waals surface area contributed by atoms with Gasteiger partial charge in [-0.3, -0.25) is 0 Å². The van der Waals surface area contributed by atoms with Gasteiger partial charge in [0.05, 0.1) is 12.6 Å². The Bertz CT molecular complexity index is 503. The maximum atomic E-state index is 10.6. The number of guanidine groups is 1. The van der Waals surface area contributed by atoms with Crippen LogP contribution in [0.4, 0.5) is 0 Å². The van der Waals surface area contributed by atoms with E-state index in [9.17, 15) is 5.11 Å². The molecule has 150 valence electrons. The second-order valence-electron chi connectivity index (χ2n) is 6.86. The van der Waals surface area contributed by atoms with Crippen LogP contribution in [0.1, 0.15) is 57.2 Å². The van der Waals surface area contributed by atoms with Crippen molar-refractivity contribution in [2.75, 3.05) is 26.2 Å². The van der Waals surface area contributed by atoms with Crippen LogP contribution in [-0.2, 0) is 10.3 Å². The van der Waals surface area contributed by atoms with Gasteiger partial charge in [-0.25, -0.2) is 4.99 Å². The largest absolute Gasteiger partial charge is 0.383 e. The Morgan fingerprint density at radius 1 is 1.35 bits per heavy atom. The first kappa shape index (κ1) is 23.7. The Morgan fingerprint density at radius 2 is 2.12 bits per heavy atom. The molecule has 0 aliphatic heterocycles. The summed E-state index contributed by atoms with van der Waals surface area (Å²) in [7, 11) is 0. The SMILES string of the molecule is CCNC(=NCC(C)(O)c1cccs1)NCCCOC1CCCCC1.I. The first-order valence-electron chi connectivity index (χ1n) is 9.52. The third kappa shape index (κ3) is 8.54. The molecule has 5 nitrogen and oxygen atoms in total. The number of aliphatic hydroxyl groups is 1. The van der Waals surface area contributed by atoms with Gasteiger partial charge in [-0.1, -0.05) is 25.3 Å². The van der Waals surface area contributed by atoms with Crippen LogP contribution >= 0.6 is 35.3 Å². The number of halogens is 1. The Hall–Kier alpha value is -0.380. The molecule has 0 radical (unpaired) electrons. The molecule has 1 aromatic rings. The van der Waals surface area contributed by atoms with Gasteiger partial charge in [-0.05, 0) is 44.6 Å². The van der Waals surface area contributed by atoms with Gasteiger partial charge < -0.3 is 20.5 Å². The lowest BCUT2D eigenvalue weighted by molar-refractivity contribution is 0.0276. The van der Waals surface area contributed by atoms with Crippen LogP contribution < -0.4 is 10.6 Å². The minimum Gasteiger partial charge on any atom is -0.383 e. The molecular weight excluding hydrogens is 461 g/mol. The zero-order valence-corrected chi connectivity index (χ0v) is 19.1. The van der Waals surface area contributed by atoms with Crippen molar-refractivity contribution in [1.29, 1.82) is 0 Å². The predicted molar refractivity (Wildman–Crippen MR) is 121 cm³/mol. The lowest BCUT2D eigenvalue weighted by Crippen LogP contribution is -2.39. The van der Waals surface area contributed by atoms with Crippen LogP contribution in [0.5, 0.6) is 0 Å². The monoisotopic (exact) mass is 495 g/mol. The molecule has 1 unspecified atom stereocenters. The predicted octanol–water partition coefficient (Wildman–Crippen LogP) is 3.87. The molecule has 7 heteroatoms. The molecule has 1 heterocycles. The fraction of sp³-hybridized carbons (Fsp3) is 0.737. The molecule has 0 spiro atoms. The van der Waals surface area contributed by atoms with Crippen molar-refractivity contribution < 1.29 is 9.84 Å². The summed E-state index contributed by atoms with van der Waals surface area (Å²) < 4.78 is 5.95. The molecule has 0 saturated heterocycles. The van der Waals surface area contributed by atoms with Crippen LogP contribution in [-0.4, -0.2) is 43.4 Å². The highest BCUT2D eigenvalue weighted by Crippen LogP contribution is 2.25. The first-order chi connectivity index (χ1) is 12.1. The summed E-state index contributed by atoms with van der Waals surface area (Å²) in [6.07, 6.45) is 7.84. The van der Waals surface area contributed by atoms with Crippen molar-refractivity contribution in [2.45, 2.75) is 64.1 Å². The summed E-state index contributed by atoms with van der Waals surface area (Å²) in [5.41, 5.74) is -0.930. The van der Waals surface area contributed by atoms with Crippen LogP contribution in [0.25, 0.3) is 0 Å². The maximum Gasteiger partial charge on any atom is 0.191 e. The van der Waals surface area contributed by atoms with E-state index in [1.54, 1.807) is 11.3 Å². The average Bonchev–Trinajstić information content (AvgIpc) is 3.16. The molecule has 26 heavy (non-hydrogen) atoms. The van der Waals surface area contributed by atoms with Gasteiger partial charge >= 0.3 is 0 Å². The summed E-state index contributed by atoms with van der Waals surface area (Å²) in [6, 6.07) is 3.90. The molecule has 1 atom stereocenters. The number of nitrogens with zero attached hydrogens (tertiary/aromatic N) is 1.